The quantitative estimate of drug-likeness (QED) is 0.508. The molecule has 3 nitrogen and oxygen atoms in total. The summed E-state index contributed by atoms with van der Waals surface area (Å²) in [5.74, 6) is 0.964. The molecule has 2 aromatic heterocycles. The molecule has 1 fully saturated rings. The van der Waals surface area contributed by atoms with Crippen LogP contribution < -0.4 is 0 Å². The van der Waals surface area contributed by atoms with Crippen LogP contribution in [0.1, 0.15) is 17.5 Å². The predicted molar refractivity (Wildman–Crippen MR) is 108 cm³/mol. The van der Waals surface area contributed by atoms with Crippen molar-refractivity contribution in [3.63, 3.8) is 0 Å². The number of hydrogen-bond acceptors (Lipinski definition) is 4. The second-order valence-corrected chi connectivity index (χ2v) is 8.57. The smallest absolute Gasteiger partial charge is 0.345 e. The molecule has 0 saturated carbocycles. The number of halogens is 2. The number of aromatic amines is 1. The van der Waals surface area contributed by atoms with E-state index in [1.165, 1.54) is 21.4 Å². The molecule has 1 aromatic carbocycles. The van der Waals surface area contributed by atoms with E-state index in [-0.39, 0.29) is 6.10 Å². The fraction of sp³-hybridized carbons (Fsp3) is 0.400. The average molecular weight is 409 g/mol. The van der Waals surface area contributed by atoms with Gasteiger partial charge in [-0.15, -0.1) is 11.8 Å². The lowest BCUT2D eigenvalue weighted by Crippen LogP contribution is -2.26. The van der Waals surface area contributed by atoms with Crippen molar-refractivity contribution in [2.45, 2.75) is 36.2 Å². The van der Waals surface area contributed by atoms with Crippen LogP contribution >= 0.6 is 23.1 Å². The third kappa shape index (κ3) is 4.71. The van der Waals surface area contributed by atoms with Crippen LogP contribution in [-0.4, -0.2) is 42.2 Å². The topological polar surface area (TPSA) is 28.3 Å². The molecule has 0 spiro atoms. The van der Waals surface area contributed by atoms with E-state index >= 15 is 0 Å². The Morgan fingerprint density at radius 2 is 2.26 bits per heavy atom. The van der Waals surface area contributed by atoms with Gasteiger partial charge in [-0.1, -0.05) is 6.07 Å². The van der Waals surface area contributed by atoms with Gasteiger partial charge in [-0.3, -0.25) is 0 Å². The standard InChI is InChI=1S/C20H22F2N2OS2/c21-20(22)25-16-5-8-24(11-16)7-4-15-10-23-17-2-1-3-18(19(15)17)27-13-14-6-9-26-12-14/h1-3,6,9-10,12,16,20,23H,4-5,7-8,11,13H2/t16-/m0/s1. The van der Waals surface area contributed by atoms with Gasteiger partial charge in [0.25, 0.3) is 0 Å². The minimum atomic E-state index is -2.67. The summed E-state index contributed by atoms with van der Waals surface area (Å²) in [6.45, 7) is -0.405. The Labute approximate surface area is 165 Å². The van der Waals surface area contributed by atoms with Gasteiger partial charge in [-0.25, -0.2) is 0 Å². The van der Waals surface area contributed by atoms with Crippen LogP contribution in [0, 0.1) is 0 Å². The zero-order chi connectivity index (χ0) is 18.6. The van der Waals surface area contributed by atoms with Crippen LogP contribution in [0.3, 0.4) is 0 Å². The van der Waals surface area contributed by atoms with E-state index < -0.39 is 6.61 Å². The van der Waals surface area contributed by atoms with E-state index in [2.05, 4.69) is 55.8 Å². The minimum absolute atomic E-state index is 0.343. The number of aromatic nitrogens is 1. The maximum atomic E-state index is 12.4. The van der Waals surface area contributed by atoms with Gasteiger partial charge >= 0.3 is 6.61 Å². The van der Waals surface area contributed by atoms with Gasteiger partial charge in [0.1, 0.15) is 0 Å². The molecule has 144 valence electrons. The Bertz CT molecular complexity index is 866. The molecule has 1 aliphatic heterocycles. The summed E-state index contributed by atoms with van der Waals surface area (Å²) >= 11 is 3.59. The van der Waals surface area contributed by atoms with E-state index in [0.717, 1.165) is 30.8 Å². The number of likely N-dealkylation sites (tertiary alicyclic amines) is 1. The summed E-state index contributed by atoms with van der Waals surface area (Å²) in [5.41, 5.74) is 3.79. The molecule has 0 aliphatic carbocycles. The van der Waals surface area contributed by atoms with Crippen molar-refractivity contribution in [3.05, 3.63) is 52.3 Å². The van der Waals surface area contributed by atoms with Gasteiger partial charge < -0.3 is 14.6 Å². The van der Waals surface area contributed by atoms with Crippen molar-refractivity contribution in [2.75, 3.05) is 19.6 Å². The summed E-state index contributed by atoms with van der Waals surface area (Å²) in [4.78, 5) is 6.88. The fourth-order valence-corrected chi connectivity index (χ4v) is 5.44. The molecule has 3 aromatic rings. The highest BCUT2D eigenvalue weighted by atomic mass is 32.2. The molecule has 3 heterocycles. The van der Waals surface area contributed by atoms with Crippen LogP contribution in [-0.2, 0) is 16.9 Å². The molecule has 7 heteroatoms. The summed E-state index contributed by atoms with van der Waals surface area (Å²) < 4.78 is 29.4. The van der Waals surface area contributed by atoms with E-state index in [9.17, 15) is 8.78 Å². The van der Waals surface area contributed by atoms with Gasteiger partial charge in [0.05, 0.1) is 6.10 Å². The number of hydrogen-bond donors (Lipinski definition) is 1. The highest BCUT2D eigenvalue weighted by Crippen LogP contribution is 2.33. The van der Waals surface area contributed by atoms with Gasteiger partial charge in [-0.2, -0.15) is 20.1 Å². The molecule has 0 amide bonds. The lowest BCUT2D eigenvalue weighted by atomic mass is 10.1. The second kappa shape index (κ2) is 8.73. The molecule has 1 aliphatic rings. The highest BCUT2D eigenvalue weighted by molar-refractivity contribution is 7.98. The Morgan fingerprint density at radius 3 is 3.07 bits per heavy atom. The molecular weight excluding hydrogens is 386 g/mol. The van der Waals surface area contributed by atoms with Crippen molar-refractivity contribution in [1.29, 1.82) is 0 Å². The number of H-pyrrole nitrogens is 1. The largest absolute Gasteiger partial charge is 0.361 e. The first kappa shape index (κ1) is 18.9. The maximum absolute atomic E-state index is 12.4. The number of nitrogens with zero attached hydrogens (tertiary/aromatic N) is 1. The van der Waals surface area contributed by atoms with Gasteiger partial charge in [-0.05, 0) is 52.9 Å². The third-order valence-electron chi connectivity index (χ3n) is 4.95. The van der Waals surface area contributed by atoms with Crippen molar-refractivity contribution >= 4 is 34.0 Å². The van der Waals surface area contributed by atoms with Crippen molar-refractivity contribution in [3.8, 4) is 0 Å². The monoisotopic (exact) mass is 408 g/mol. The van der Waals surface area contributed by atoms with Gasteiger partial charge in [0.15, 0.2) is 0 Å². The lowest BCUT2D eigenvalue weighted by molar-refractivity contribution is -0.158. The first-order valence-corrected chi connectivity index (χ1v) is 11.0. The molecule has 0 bridgehead atoms. The molecule has 0 unspecified atom stereocenters. The first-order valence-electron chi connectivity index (χ1n) is 9.08. The van der Waals surface area contributed by atoms with Crippen LogP contribution in [0.2, 0.25) is 0 Å². The molecule has 1 N–H and O–H groups in total. The highest BCUT2D eigenvalue weighted by Gasteiger charge is 2.25. The number of thiophene rings is 1. The normalized spacial score (nSPS) is 18.1. The first-order chi connectivity index (χ1) is 13.2. The molecular formula is C20H22F2N2OS2. The average Bonchev–Trinajstić information content (AvgIpc) is 3.39. The van der Waals surface area contributed by atoms with Gasteiger partial charge in [0, 0.05) is 47.4 Å². The van der Waals surface area contributed by atoms with Crippen LogP contribution in [0.15, 0.2) is 46.1 Å². The number of benzene rings is 1. The molecule has 4 rings (SSSR count). The number of nitrogens with one attached hydrogen (secondary N) is 1. The number of fused-ring (bicyclic) bond motifs is 1. The summed E-state index contributed by atoms with van der Waals surface area (Å²) in [6, 6.07) is 8.54. The number of rotatable bonds is 8. The minimum Gasteiger partial charge on any atom is -0.361 e. The molecule has 1 saturated heterocycles. The van der Waals surface area contributed by atoms with Gasteiger partial charge in [0.2, 0.25) is 0 Å². The maximum Gasteiger partial charge on any atom is 0.345 e. The number of ether oxygens (including phenoxy) is 1. The Balaban J connectivity index is 1.41. The second-order valence-electron chi connectivity index (χ2n) is 6.77. The van der Waals surface area contributed by atoms with Crippen molar-refractivity contribution in [1.82, 2.24) is 9.88 Å². The summed E-state index contributed by atoms with van der Waals surface area (Å²) in [5, 5.41) is 5.59. The molecule has 27 heavy (non-hydrogen) atoms. The predicted octanol–water partition coefficient (Wildman–Crippen LogP) is 5.38. The number of thioether (sulfide) groups is 1. The Hall–Kier alpha value is -1.41. The molecule has 1 atom stereocenters. The van der Waals surface area contributed by atoms with Crippen molar-refractivity contribution in [2.24, 2.45) is 0 Å². The lowest BCUT2D eigenvalue weighted by Gasteiger charge is -2.16. The summed E-state index contributed by atoms with van der Waals surface area (Å²) in [7, 11) is 0. The van der Waals surface area contributed by atoms with E-state index in [1.807, 2.05) is 11.8 Å². The van der Waals surface area contributed by atoms with Crippen LogP contribution in [0.5, 0.6) is 0 Å². The van der Waals surface area contributed by atoms with Crippen molar-refractivity contribution < 1.29 is 13.5 Å². The Morgan fingerprint density at radius 1 is 1.33 bits per heavy atom. The van der Waals surface area contributed by atoms with E-state index in [1.54, 1.807) is 11.3 Å². The zero-order valence-corrected chi connectivity index (χ0v) is 16.5. The Kier molecular flexibility index (Phi) is 6.12. The molecule has 0 radical (unpaired) electrons. The van der Waals surface area contributed by atoms with Crippen LogP contribution in [0.4, 0.5) is 8.78 Å². The fourth-order valence-electron chi connectivity index (χ4n) is 3.61. The van der Waals surface area contributed by atoms with E-state index in [0.29, 0.717) is 13.0 Å². The zero-order valence-electron chi connectivity index (χ0n) is 14.9. The third-order valence-corrected chi connectivity index (χ3v) is 6.81. The van der Waals surface area contributed by atoms with Crippen LogP contribution in [0.25, 0.3) is 10.9 Å². The van der Waals surface area contributed by atoms with E-state index in [4.69, 9.17) is 0 Å². The summed E-state index contributed by atoms with van der Waals surface area (Å²) in [6.07, 6.45) is 3.32. The number of alkyl halides is 2. The SMILES string of the molecule is FC(F)O[C@H]1CCN(CCc2c[nH]c3cccc(SCc4ccsc4)c23)C1.